The van der Waals surface area contributed by atoms with Crippen molar-refractivity contribution in [2.75, 3.05) is 4.72 Å². The van der Waals surface area contributed by atoms with E-state index in [1.54, 1.807) is 0 Å². The van der Waals surface area contributed by atoms with Crippen molar-refractivity contribution < 1.29 is 8.42 Å². The fraction of sp³-hybridized carbons (Fsp3) is 0.125. The van der Waals surface area contributed by atoms with Gasteiger partial charge >= 0.3 is 0 Å². The van der Waals surface area contributed by atoms with E-state index in [9.17, 15) is 8.42 Å². The fourth-order valence-electron chi connectivity index (χ4n) is 1.22. The molecule has 0 saturated carbocycles. The average Bonchev–Trinajstić information content (AvgIpc) is 2.72. The van der Waals surface area contributed by atoms with Crippen molar-refractivity contribution in [2.24, 2.45) is 7.05 Å². The van der Waals surface area contributed by atoms with E-state index in [-0.39, 0.29) is 21.0 Å². The molecule has 2 aromatic heterocycles. The molecule has 0 fully saturated rings. The van der Waals surface area contributed by atoms with E-state index in [0.717, 1.165) is 6.33 Å². The molecule has 2 rings (SSSR count). The van der Waals surface area contributed by atoms with Gasteiger partial charge in [-0.25, -0.2) is 9.97 Å². The standard InChI is InChI=1S/C8H7Cl2N5O2S/c1-15-5(2-3-13-15)18(16,17)14-8-6(9)7(10)11-4-12-8/h2-4H,1H3,(H,11,12,14). The quantitative estimate of drug-likeness (QED) is 0.864. The number of hydrogen-bond acceptors (Lipinski definition) is 5. The molecule has 96 valence electrons. The van der Waals surface area contributed by atoms with E-state index in [1.807, 2.05) is 0 Å². The average molecular weight is 308 g/mol. The Morgan fingerprint density at radius 1 is 1.33 bits per heavy atom. The number of nitrogens with zero attached hydrogens (tertiary/aromatic N) is 4. The molecule has 1 N–H and O–H groups in total. The third-order valence-corrected chi connectivity index (χ3v) is 4.18. The van der Waals surface area contributed by atoms with Gasteiger partial charge in [0.15, 0.2) is 16.0 Å². The van der Waals surface area contributed by atoms with Gasteiger partial charge in [0.2, 0.25) is 0 Å². The molecule has 0 aliphatic heterocycles. The highest BCUT2D eigenvalue weighted by Gasteiger charge is 2.20. The lowest BCUT2D eigenvalue weighted by Crippen LogP contribution is -2.17. The Morgan fingerprint density at radius 3 is 2.67 bits per heavy atom. The van der Waals surface area contributed by atoms with Crippen LogP contribution in [-0.4, -0.2) is 28.2 Å². The molecule has 0 aliphatic rings. The monoisotopic (exact) mass is 307 g/mol. The van der Waals surface area contributed by atoms with E-state index in [0.29, 0.717) is 0 Å². The number of hydrogen-bond donors (Lipinski definition) is 1. The first-order valence-electron chi connectivity index (χ1n) is 4.58. The lowest BCUT2D eigenvalue weighted by molar-refractivity contribution is 0.582. The number of anilines is 1. The smallest absolute Gasteiger partial charge is 0.261 e. The molecule has 0 unspecified atom stereocenters. The van der Waals surface area contributed by atoms with Crippen LogP contribution in [0.15, 0.2) is 23.6 Å². The van der Waals surface area contributed by atoms with E-state index in [4.69, 9.17) is 23.2 Å². The Balaban J connectivity index is 2.40. The summed E-state index contributed by atoms with van der Waals surface area (Å²) in [5.74, 6) is -0.0853. The van der Waals surface area contributed by atoms with Crippen LogP contribution in [0, 0.1) is 0 Å². The fourth-order valence-corrected chi connectivity index (χ4v) is 2.71. The van der Waals surface area contributed by atoms with Crippen LogP contribution in [0.1, 0.15) is 0 Å². The Hall–Kier alpha value is -1.38. The Morgan fingerprint density at radius 2 is 2.06 bits per heavy atom. The maximum Gasteiger partial charge on any atom is 0.280 e. The highest BCUT2D eigenvalue weighted by atomic mass is 35.5. The number of aromatic nitrogens is 4. The summed E-state index contributed by atoms with van der Waals surface area (Å²) in [5, 5.41) is 3.65. The summed E-state index contributed by atoms with van der Waals surface area (Å²) in [6, 6.07) is 1.35. The van der Waals surface area contributed by atoms with Crippen molar-refractivity contribution >= 4 is 39.0 Å². The van der Waals surface area contributed by atoms with Crippen molar-refractivity contribution in [3.05, 3.63) is 28.8 Å². The van der Waals surface area contributed by atoms with Crippen LogP contribution in [0.4, 0.5) is 5.82 Å². The highest BCUT2D eigenvalue weighted by Crippen LogP contribution is 2.27. The molecule has 0 bridgehead atoms. The molecule has 7 nitrogen and oxygen atoms in total. The van der Waals surface area contributed by atoms with Gasteiger partial charge in [0, 0.05) is 7.05 Å². The zero-order valence-electron chi connectivity index (χ0n) is 9.00. The minimum atomic E-state index is -3.82. The van der Waals surface area contributed by atoms with Gasteiger partial charge in [0.05, 0.1) is 6.20 Å². The van der Waals surface area contributed by atoms with Crippen LogP contribution in [0.2, 0.25) is 10.2 Å². The molecule has 0 saturated heterocycles. The zero-order valence-corrected chi connectivity index (χ0v) is 11.3. The Kier molecular flexibility index (Phi) is 3.42. The third-order valence-electron chi connectivity index (χ3n) is 2.03. The molecule has 0 radical (unpaired) electrons. The minimum Gasteiger partial charge on any atom is -0.261 e. The predicted octanol–water partition coefficient (Wildman–Crippen LogP) is 1.32. The van der Waals surface area contributed by atoms with Crippen molar-refractivity contribution in [3.63, 3.8) is 0 Å². The van der Waals surface area contributed by atoms with Gasteiger partial charge in [0.25, 0.3) is 10.0 Å². The SMILES string of the molecule is Cn1nccc1S(=O)(=O)Nc1ncnc(Cl)c1Cl. The second-order valence-electron chi connectivity index (χ2n) is 3.23. The van der Waals surface area contributed by atoms with Crippen molar-refractivity contribution in [2.45, 2.75) is 5.03 Å². The molecule has 0 atom stereocenters. The van der Waals surface area contributed by atoms with Gasteiger partial charge in [-0.15, -0.1) is 0 Å². The van der Waals surface area contributed by atoms with Crippen LogP contribution < -0.4 is 4.72 Å². The van der Waals surface area contributed by atoms with Gasteiger partial charge in [-0.1, -0.05) is 23.2 Å². The number of rotatable bonds is 3. The molecular formula is C8H7Cl2N5O2S. The third kappa shape index (κ3) is 2.40. The number of aryl methyl sites for hydroxylation is 1. The summed E-state index contributed by atoms with van der Waals surface area (Å²) in [7, 11) is -2.32. The van der Waals surface area contributed by atoms with Crippen LogP contribution in [-0.2, 0) is 17.1 Å². The number of sulfonamides is 1. The molecule has 2 heterocycles. The van der Waals surface area contributed by atoms with Gasteiger partial charge in [-0.3, -0.25) is 9.40 Å². The summed E-state index contributed by atoms with van der Waals surface area (Å²) >= 11 is 11.5. The van der Waals surface area contributed by atoms with E-state index >= 15 is 0 Å². The largest absolute Gasteiger partial charge is 0.280 e. The summed E-state index contributed by atoms with van der Waals surface area (Å²) in [5.41, 5.74) is 0. The van der Waals surface area contributed by atoms with E-state index < -0.39 is 10.0 Å². The lowest BCUT2D eigenvalue weighted by Gasteiger charge is -2.08. The Bertz CT molecular complexity index is 685. The molecule has 0 aliphatic carbocycles. The van der Waals surface area contributed by atoms with Crippen LogP contribution in [0.25, 0.3) is 0 Å². The van der Waals surface area contributed by atoms with Crippen LogP contribution in [0.5, 0.6) is 0 Å². The first-order valence-corrected chi connectivity index (χ1v) is 6.82. The van der Waals surface area contributed by atoms with Crippen LogP contribution >= 0.6 is 23.2 Å². The highest BCUT2D eigenvalue weighted by molar-refractivity contribution is 7.92. The summed E-state index contributed by atoms with van der Waals surface area (Å²) in [6.07, 6.45) is 2.47. The molecule has 10 heteroatoms. The van der Waals surface area contributed by atoms with Crippen molar-refractivity contribution in [1.29, 1.82) is 0 Å². The van der Waals surface area contributed by atoms with Gasteiger partial charge in [-0.05, 0) is 6.07 Å². The van der Waals surface area contributed by atoms with Crippen molar-refractivity contribution in [3.8, 4) is 0 Å². The number of halogens is 2. The first-order chi connectivity index (χ1) is 8.42. The summed E-state index contributed by atoms with van der Waals surface area (Å²) in [4.78, 5) is 7.34. The summed E-state index contributed by atoms with van der Waals surface area (Å²) < 4.78 is 27.4. The van der Waals surface area contributed by atoms with E-state index in [2.05, 4.69) is 19.8 Å². The van der Waals surface area contributed by atoms with Gasteiger partial charge < -0.3 is 0 Å². The summed E-state index contributed by atoms with van der Waals surface area (Å²) in [6.45, 7) is 0. The molecular weight excluding hydrogens is 301 g/mol. The van der Waals surface area contributed by atoms with Crippen LogP contribution in [0.3, 0.4) is 0 Å². The molecule has 2 aromatic rings. The second kappa shape index (κ2) is 4.71. The van der Waals surface area contributed by atoms with Gasteiger partial charge in [-0.2, -0.15) is 13.5 Å². The molecule has 18 heavy (non-hydrogen) atoms. The molecule has 0 aromatic carbocycles. The normalized spacial score (nSPS) is 11.5. The van der Waals surface area contributed by atoms with Crippen molar-refractivity contribution in [1.82, 2.24) is 19.7 Å². The topological polar surface area (TPSA) is 89.8 Å². The maximum atomic E-state index is 12.0. The van der Waals surface area contributed by atoms with Gasteiger partial charge in [0.1, 0.15) is 11.3 Å². The predicted molar refractivity (Wildman–Crippen MR) is 66.1 cm³/mol. The minimum absolute atomic E-state index is 0.0201. The molecule has 0 amide bonds. The second-order valence-corrected chi connectivity index (χ2v) is 5.59. The first kappa shape index (κ1) is 13.1. The van der Waals surface area contributed by atoms with E-state index in [1.165, 1.54) is 24.0 Å². The lowest BCUT2D eigenvalue weighted by atomic mass is 10.6. The number of nitrogens with one attached hydrogen (secondary N) is 1. The maximum absolute atomic E-state index is 12.0. The Labute approximate surface area is 113 Å². The molecule has 0 spiro atoms. The zero-order chi connectivity index (χ0) is 13.3.